The zero-order valence-electron chi connectivity index (χ0n) is 14.1. The molecule has 1 aromatic rings. The first-order valence-electron chi connectivity index (χ1n) is 7.38. The number of guanidine groups is 1. The molecule has 0 saturated heterocycles. The number of aliphatic imine (C=N–C) groups is 1. The molecule has 0 aromatic heterocycles. The SMILES string of the molecule is CCNC(=NCC(C)(C)OC)NCCc1cc(F)cc(F)c1.I. The maximum absolute atomic E-state index is 13.1. The van der Waals surface area contributed by atoms with Gasteiger partial charge >= 0.3 is 0 Å². The van der Waals surface area contributed by atoms with Gasteiger partial charge in [-0.2, -0.15) is 0 Å². The summed E-state index contributed by atoms with van der Waals surface area (Å²) in [4.78, 5) is 4.44. The summed E-state index contributed by atoms with van der Waals surface area (Å²) in [5, 5.41) is 6.27. The second kappa shape index (κ2) is 10.7. The van der Waals surface area contributed by atoms with Gasteiger partial charge in [0.1, 0.15) is 11.6 Å². The predicted molar refractivity (Wildman–Crippen MR) is 101 cm³/mol. The van der Waals surface area contributed by atoms with Crippen molar-refractivity contribution < 1.29 is 13.5 Å². The topological polar surface area (TPSA) is 45.7 Å². The Bertz CT molecular complexity index is 490. The Morgan fingerprint density at radius 3 is 2.30 bits per heavy atom. The average Bonchev–Trinajstić information content (AvgIpc) is 2.44. The Kier molecular flexibility index (Phi) is 10.3. The van der Waals surface area contributed by atoms with Gasteiger partial charge in [0, 0.05) is 26.3 Å². The van der Waals surface area contributed by atoms with Crippen molar-refractivity contribution in [2.24, 2.45) is 4.99 Å². The Morgan fingerprint density at radius 1 is 1.17 bits per heavy atom. The molecule has 7 heteroatoms. The Labute approximate surface area is 154 Å². The lowest BCUT2D eigenvalue weighted by atomic mass is 10.1. The van der Waals surface area contributed by atoms with Gasteiger partial charge in [0.25, 0.3) is 0 Å². The minimum atomic E-state index is -0.558. The van der Waals surface area contributed by atoms with Crippen molar-refractivity contribution in [3.8, 4) is 0 Å². The molecule has 2 N–H and O–H groups in total. The van der Waals surface area contributed by atoms with E-state index in [1.165, 1.54) is 12.1 Å². The molecule has 0 atom stereocenters. The highest BCUT2D eigenvalue weighted by Gasteiger charge is 2.15. The van der Waals surface area contributed by atoms with Gasteiger partial charge in [0.2, 0.25) is 0 Å². The van der Waals surface area contributed by atoms with E-state index in [1.807, 2.05) is 20.8 Å². The van der Waals surface area contributed by atoms with Crippen molar-refractivity contribution in [1.82, 2.24) is 10.6 Å². The van der Waals surface area contributed by atoms with E-state index in [-0.39, 0.29) is 29.6 Å². The fraction of sp³-hybridized carbons (Fsp3) is 0.562. The number of benzene rings is 1. The average molecular weight is 441 g/mol. The summed E-state index contributed by atoms with van der Waals surface area (Å²) in [6.45, 7) is 7.65. The third-order valence-electron chi connectivity index (χ3n) is 3.14. The molecule has 132 valence electrons. The fourth-order valence-corrected chi connectivity index (χ4v) is 1.76. The molecular formula is C16H26F2IN3O. The number of ether oxygens (including phenoxy) is 1. The van der Waals surface area contributed by atoms with E-state index in [0.717, 1.165) is 12.6 Å². The zero-order valence-corrected chi connectivity index (χ0v) is 16.4. The van der Waals surface area contributed by atoms with Gasteiger partial charge in [-0.1, -0.05) is 0 Å². The van der Waals surface area contributed by atoms with Crippen LogP contribution in [-0.2, 0) is 11.2 Å². The maximum atomic E-state index is 13.1. The summed E-state index contributed by atoms with van der Waals surface area (Å²) in [5.41, 5.74) is 0.270. The summed E-state index contributed by atoms with van der Waals surface area (Å²) >= 11 is 0. The Morgan fingerprint density at radius 2 is 1.78 bits per heavy atom. The van der Waals surface area contributed by atoms with Crippen LogP contribution in [0.3, 0.4) is 0 Å². The molecule has 0 amide bonds. The summed E-state index contributed by atoms with van der Waals surface area (Å²) in [6.07, 6.45) is 0.507. The Hall–Kier alpha value is -0.960. The first-order valence-corrected chi connectivity index (χ1v) is 7.38. The maximum Gasteiger partial charge on any atom is 0.191 e. The van der Waals surface area contributed by atoms with E-state index < -0.39 is 11.6 Å². The van der Waals surface area contributed by atoms with Crippen molar-refractivity contribution in [3.05, 3.63) is 35.4 Å². The van der Waals surface area contributed by atoms with Crippen LogP contribution in [0.25, 0.3) is 0 Å². The first-order chi connectivity index (χ1) is 10.4. The normalized spacial score (nSPS) is 11.8. The fourth-order valence-electron chi connectivity index (χ4n) is 1.76. The monoisotopic (exact) mass is 441 g/mol. The van der Waals surface area contributed by atoms with Gasteiger partial charge in [-0.15, -0.1) is 24.0 Å². The van der Waals surface area contributed by atoms with Gasteiger partial charge in [0.15, 0.2) is 5.96 Å². The standard InChI is InChI=1S/C16H25F2N3O.HI/c1-5-19-15(21-11-16(2,3)22-4)20-7-6-12-8-13(17)10-14(18)9-12;/h8-10H,5-7,11H2,1-4H3,(H2,19,20,21);1H. The van der Waals surface area contributed by atoms with Gasteiger partial charge in [0.05, 0.1) is 12.1 Å². The van der Waals surface area contributed by atoms with Crippen LogP contribution < -0.4 is 10.6 Å². The number of hydrogen-bond acceptors (Lipinski definition) is 2. The number of halogens is 3. The highest BCUT2D eigenvalue weighted by Crippen LogP contribution is 2.08. The van der Waals surface area contributed by atoms with E-state index >= 15 is 0 Å². The van der Waals surface area contributed by atoms with Crippen LogP contribution in [0, 0.1) is 11.6 Å². The molecule has 0 bridgehead atoms. The van der Waals surface area contributed by atoms with Crippen LogP contribution in [-0.4, -0.2) is 38.3 Å². The minimum Gasteiger partial charge on any atom is -0.377 e. The molecule has 0 spiro atoms. The molecule has 0 heterocycles. The van der Waals surface area contributed by atoms with E-state index in [2.05, 4.69) is 15.6 Å². The van der Waals surface area contributed by atoms with Crippen LogP contribution in [0.5, 0.6) is 0 Å². The van der Waals surface area contributed by atoms with Crippen molar-refractivity contribution in [3.63, 3.8) is 0 Å². The lowest BCUT2D eigenvalue weighted by molar-refractivity contribution is 0.0310. The number of nitrogens with one attached hydrogen (secondary N) is 2. The lowest BCUT2D eigenvalue weighted by Crippen LogP contribution is -2.40. The van der Waals surface area contributed by atoms with Crippen LogP contribution in [0.15, 0.2) is 23.2 Å². The number of nitrogens with zero attached hydrogens (tertiary/aromatic N) is 1. The molecule has 0 fully saturated rings. The number of methoxy groups -OCH3 is 1. The lowest BCUT2D eigenvalue weighted by Gasteiger charge is -2.21. The van der Waals surface area contributed by atoms with E-state index in [1.54, 1.807) is 7.11 Å². The summed E-state index contributed by atoms with van der Waals surface area (Å²) in [7, 11) is 1.65. The van der Waals surface area contributed by atoms with E-state index in [4.69, 9.17) is 4.74 Å². The van der Waals surface area contributed by atoms with Crippen molar-refractivity contribution in [1.29, 1.82) is 0 Å². The summed E-state index contributed by atoms with van der Waals surface area (Å²) < 4.78 is 31.6. The van der Waals surface area contributed by atoms with Gasteiger partial charge < -0.3 is 15.4 Å². The molecule has 0 aliphatic carbocycles. The highest BCUT2D eigenvalue weighted by molar-refractivity contribution is 14.0. The summed E-state index contributed by atoms with van der Waals surface area (Å²) in [5.74, 6) is -0.459. The molecular weight excluding hydrogens is 415 g/mol. The van der Waals surface area contributed by atoms with E-state index in [9.17, 15) is 8.78 Å². The van der Waals surface area contributed by atoms with Crippen LogP contribution in [0.4, 0.5) is 8.78 Å². The number of hydrogen-bond donors (Lipinski definition) is 2. The molecule has 0 aliphatic heterocycles. The molecule has 0 radical (unpaired) electrons. The minimum absolute atomic E-state index is 0. The first kappa shape index (κ1) is 22.0. The molecule has 0 unspecified atom stereocenters. The predicted octanol–water partition coefficient (Wildman–Crippen LogP) is 3.11. The second-order valence-electron chi connectivity index (χ2n) is 5.61. The smallest absolute Gasteiger partial charge is 0.191 e. The largest absolute Gasteiger partial charge is 0.377 e. The second-order valence-corrected chi connectivity index (χ2v) is 5.61. The number of rotatable bonds is 7. The molecule has 4 nitrogen and oxygen atoms in total. The van der Waals surface area contributed by atoms with Crippen LogP contribution >= 0.6 is 24.0 Å². The molecule has 23 heavy (non-hydrogen) atoms. The quantitative estimate of drug-likeness (QED) is 0.389. The highest BCUT2D eigenvalue weighted by atomic mass is 127. The Balaban J connectivity index is 0.00000484. The zero-order chi connectivity index (χ0) is 16.6. The van der Waals surface area contributed by atoms with Crippen molar-refractivity contribution in [2.75, 3.05) is 26.7 Å². The third kappa shape index (κ3) is 9.04. The molecule has 1 aromatic carbocycles. The van der Waals surface area contributed by atoms with Crippen molar-refractivity contribution in [2.45, 2.75) is 32.8 Å². The van der Waals surface area contributed by atoms with E-state index in [0.29, 0.717) is 31.0 Å². The third-order valence-corrected chi connectivity index (χ3v) is 3.14. The van der Waals surface area contributed by atoms with Crippen LogP contribution in [0.1, 0.15) is 26.3 Å². The molecule has 1 rings (SSSR count). The van der Waals surface area contributed by atoms with Crippen LogP contribution in [0.2, 0.25) is 0 Å². The molecule has 0 saturated carbocycles. The molecule has 0 aliphatic rings. The van der Waals surface area contributed by atoms with Crippen molar-refractivity contribution >= 4 is 29.9 Å². The summed E-state index contributed by atoms with van der Waals surface area (Å²) in [6, 6.07) is 3.54. The van der Waals surface area contributed by atoms with Gasteiger partial charge in [-0.3, -0.25) is 4.99 Å². The van der Waals surface area contributed by atoms with Gasteiger partial charge in [-0.05, 0) is 44.9 Å². The van der Waals surface area contributed by atoms with Gasteiger partial charge in [-0.25, -0.2) is 8.78 Å².